The van der Waals surface area contributed by atoms with Crippen molar-refractivity contribution in [1.29, 1.82) is 0 Å². The van der Waals surface area contributed by atoms with Gasteiger partial charge in [0.15, 0.2) is 5.54 Å². The summed E-state index contributed by atoms with van der Waals surface area (Å²) in [6, 6.07) is 4.56. The summed E-state index contributed by atoms with van der Waals surface area (Å²) >= 11 is 0. The summed E-state index contributed by atoms with van der Waals surface area (Å²) < 4.78 is 10.8. The number of rotatable bonds is 6. The molecule has 220 valence electrons. The second-order valence-electron chi connectivity index (χ2n) is 12.1. The van der Waals surface area contributed by atoms with Gasteiger partial charge < -0.3 is 25.0 Å². The van der Waals surface area contributed by atoms with E-state index in [4.69, 9.17) is 9.47 Å². The summed E-state index contributed by atoms with van der Waals surface area (Å²) in [5, 5.41) is 25.7. The highest BCUT2D eigenvalue weighted by atomic mass is 16.5. The molecule has 2 amide bonds. The normalized spacial score (nSPS) is 30.2. The SMILES string of the molecule is CC[C@@H]1CN2CC[C@]3(O)c4c(OC)cccc4N(C(C)=O)C3(C(=O)NC(C)(C)C)C2C[C@@H]1/C(=C\CO)C(=O)OC. The molecule has 40 heavy (non-hydrogen) atoms. The quantitative estimate of drug-likeness (QED) is 0.359. The van der Waals surface area contributed by atoms with Gasteiger partial charge in [0.25, 0.3) is 5.91 Å². The zero-order valence-electron chi connectivity index (χ0n) is 24.6. The standard InChI is InChI=1S/C30H43N3O7/c1-8-19-17-32-14-13-29(38)25-22(10-9-11-23(25)39-6)33(18(2)35)30(29,27(37)31-28(3,4)5)24(32)16-21(19)20(12-15-34)26(36)40-7/h9-12,19,21,24,34,38H,8,13-17H2,1-7H3,(H,31,37)/b20-12+/t19-,21+,24?,29+,30?/m1/s1. The first-order valence-corrected chi connectivity index (χ1v) is 14.0. The summed E-state index contributed by atoms with van der Waals surface area (Å²) in [7, 11) is 2.81. The first kappa shape index (κ1) is 30.0. The molecule has 0 saturated carbocycles. The van der Waals surface area contributed by atoms with Gasteiger partial charge >= 0.3 is 5.97 Å². The Bertz CT molecular complexity index is 1210. The van der Waals surface area contributed by atoms with E-state index in [1.165, 1.54) is 32.1 Å². The molecule has 4 rings (SSSR count). The molecule has 0 aliphatic carbocycles. The molecule has 0 aromatic heterocycles. The third-order valence-corrected chi connectivity index (χ3v) is 8.87. The van der Waals surface area contributed by atoms with Crippen molar-refractivity contribution in [1.82, 2.24) is 10.2 Å². The van der Waals surface area contributed by atoms with E-state index in [-0.39, 0.29) is 30.8 Å². The molecule has 2 unspecified atom stereocenters. The lowest BCUT2D eigenvalue weighted by Crippen LogP contribution is -2.80. The molecule has 2 fully saturated rings. The predicted molar refractivity (Wildman–Crippen MR) is 150 cm³/mol. The number of hydrogen-bond donors (Lipinski definition) is 3. The Morgan fingerprint density at radius 1 is 1.23 bits per heavy atom. The number of carbonyl (C=O) groups is 3. The molecule has 3 aliphatic rings. The van der Waals surface area contributed by atoms with Crippen LogP contribution in [0.1, 0.15) is 59.4 Å². The number of aliphatic hydroxyl groups excluding tert-OH is 1. The van der Waals surface area contributed by atoms with Gasteiger partial charge in [-0.1, -0.05) is 19.4 Å². The molecule has 1 aromatic rings. The molecule has 5 atom stereocenters. The minimum absolute atomic E-state index is 0.0335. The second kappa shape index (κ2) is 10.8. The van der Waals surface area contributed by atoms with Gasteiger partial charge in [-0.25, -0.2) is 4.79 Å². The maximum absolute atomic E-state index is 14.7. The van der Waals surface area contributed by atoms with Gasteiger partial charge in [-0.05, 0) is 63.7 Å². The Balaban J connectivity index is 2.01. The van der Waals surface area contributed by atoms with Gasteiger partial charge in [-0.3, -0.25) is 19.4 Å². The van der Waals surface area contributed by atoms with E-state index in [2.05, 4.69) is 10.2 Å². The number of ether oxygens (including phenoxy) is 2. The van der Waals surface area contributed by atoms with Gasteiger partial charge in [-0.2, -0.15) is 0 Å². The fourth-order valence-corrected chi connectivity index (χ4v) is 7.41. The Hall–Kier alpha value is -2.95. The van der Waals surface area contributed by atoms with E-state index < -0.39 is 34.6 Å². The van der Waals surface area contributed by atoms with E-state index in [9.17, 15) is 24.6 Å². The van der Waals surface area contributed by atoms with Gasteiger partial charge in [-0.15, -0.1) is 0 Å². The van der Waals surface area contributed by atoms with Crippen molar-refractivity contribution in [2.75, 3.05) is 38.8 Å². The summed E-state index contributed by atoms with van der Waals surface area (Å²) in [6.45, 7) is 9.72. The molecule has 2 saturated heterocycles. The number of carbonyl (C=O) groups excluding carboxylic acids is 3. The third kappa shape index (κ3) is 4.40. The molecule has 10 heteroatoms. The molecule has 0 bridgehead atoms. The van der Waals surface area contributed by atoms with Crippen LogP contribution in [-0.4, -0.2) is 83.9 Å². The number of hydrogen-bond acceptors (Lipinski definition) is 8. The van der Waals surface area contributed by atoms with E-state index in [0.29, 0.717) is 42.1 Å². The van der Waals surface area contributed by atoms with E-state index in [1.807, 2.05) is 27.7 Å². The van der Waals surface area contributed by atoms with Crippen LogP contribution in [0.3, 0.4) is 0 Å². The van der Waals surface area contributed by atoms with Crippen molar-refractivity contribution in [3.63, 3.8) is 0 Å². The molecular formula is C30H43N3O7. The van der Waals surface area contributed by atoms with Gasteiger partial charge in [0.05, 0.1) is 32.1 Å². The van der Waals surface area contributed by atoms with Gasteiger partial charge in [0.2, 0.25) is 5.91 Å². The first-order valence-electron chi connectivity index (χ1n) is 14.0. The largest absolute Gasteiger partial charge is 0.496 e. The lowest BCUT2D eigenvalue weighted by atomic mass is 9.61. The highest BCUT2D eigenvalue weighted by Crippen LogP contribution is 2.61. The molecule has 3 heterocycles. The highest BCUT2D eigenvalue weighted by Gasteiger charge is 2.74. The summed E-state index contributed by atoms with van der Waals surface area (Å²) in [5.41, 5.74) is -2.98. The van der Waals surface area contributed by atoms with Crippen molar-refractivity contribution < 1.29 is 34.1 Å². The van der Waals surface area contributed by atoms with Crippen LogP contribution in [0.25, 0.3) is 0 Å². The average Bonchev–Trinajstić information content (AvgIpc) is 3.16. The fraction of sp³-hybridized carbons (Fsp3) is 0.633. The average molecular weight is 558 g/mol. The molecule has 1 aromatic carbocycles. The molecule has 3 N–H and O–H groups in total. The van der Waals surface area contributed by atoms with E-state index in [0.717, 1.165) is 6.42 Å². The molecule has 10 nitrogen and oxygen atoms in total. The van der Waals surface area contributed by atoms with Crippen LogP contribution in [0.15, 0.2) is 29.8 Å². The van der Waals surface area contributed by atoms with Crippen LogP contribution >= 0.6 is 0 Å². The Kier molecular flexibility index (Phi) is 8.10. The summed E-state index contributed by atoms with van der Waals surface area (Å²) in [5.74, 6) is -1.32. The van der Waals surface area contributed by atoms with Crippen molar-refractivity contribution in [2.24, 2.45) is 11.8 Å². The van der Waals surface area contributed by atoms with E-state index >= 15 is 0 Å². The number of anilines is 1. The number of nitrogens with one attached hydrogen (secondary N) is 1. The fourth-order valence-electron chi connectivity index (χ4n) is 7.41. The van der Waals surface area contributed by atoms with Crippen LogP contribution in [0.5, 0.6) is 5.75 Å². The Labute approximate surface area is 236 Å². The monoisotopic (exact) mass is 557 g/mol. The Morgan fingerprint density at radius 3 is 2.48 bits per heavy atom. The van der Waals surface area contributed by atoms with Crippen molar-refractivity contribution in [2.45, 2.75) is 76.6 Å². The second-order valence-corrected chi connectivity index (χ2v) is 12.1. The van der Waals surface area contributed by atoms with Crippen LogP contribution < -0.4 is 15.0 Å². The number of aliphatic hydroxyl groups is 2. The van der Waals surface area contributed by atoms with Crippen LogP contribution in [0.2, 0.25) is 0 Å². The lowest BCUT2D eigenvalue weighted by molar-refractivity contribution is -0.168. The highest BCUT2D eigenvalue weighted by molar-refractivity contribution is 6.08. The molecule has 0 spiro atoms. The number of amides is 2. The third-order valence-electron chi connectivity index (χ3n) is 8.87. The minimum atomic E-state index is -1.77. The number of esters is 1. The lowest BCUT2D eigenvalue weighted by Gasteiger charge is -2.60. The van der Waals surface area contributed by atoms with Crippen LogP contribution in [0.4, 0.5) is 5.69 Å². The minimum Gasteiger partial charge on any atom is -0.496 e. The number of fused-ring (bicyclic) bond motifs is 5. The molecular weight excluding hydrogens is 514 g/mol. The zero-order valence-corrected chi connectivity index (χ0v) is 24.6. The molecule has 0 radical (unpaired) electrons. The molecule has 3 aliphatic heterocycles. The number of piperidine rings is 2. The van der Waals surface area contributed by atoms with Crippen molar-refractivity contribution in [3.8, 4) is 5.75 Å². The van der Waals surface area contributed by atoms with Crippen LogP contribution in [-0.2, 0) is 24.7 Å². The van der Waals surface area contributed by atoms with Gasteiger partial charge in [0, 0.05) is 37.2 Å². The summed E-state index contributed by atoms with van der Waals surface area (Å²) in [4.78, 5) is 44.9. The predicted octanol–water partition coefficient (Wildman–Crippen LogP) is 2.11. The van der Waals surface area contributed by atoms with Crippen molar-refractivity contribution >= 4 is 23.5 Å². The zero-order chi connectivity index (χ0) is 29.6. The smallest absolute Gasteiger partial charge is 0.333 e. The van der Waals surface area contributed by atoms with Gasteiger partial charge in [0.1, 0.15) is 11.4 Å². The first-order chi connectivity index (χ1) is 18.8. The van der Waals surface area contributed by atoms with Crippen LogP contribution in [0, 0.1) is 11.8 Å². The number of nitrogens with zero attached hydrogens (tertiary/aromatic N) is 2. The number of methoxy groups -OCH3 is 2. The maximum Gasteiger partial charge on any atom is 0.333 e. The summed E-state index contributed by atoms with van der Waals surface area (Å²) in [6.07, 6.45) is 2.72. The Morgan fingerprint density at radius 2 is 1.93 bits per heavy atom. The topological polar surface area (TPSA) is 129 Å². The maximum atomic E-state index is 14.7. The van der Waals surface area contributed by atoms with E-state index in [1.54, 1.807) is 18.2 Å². The number of benzene rings is 1. The van der Waals surface area contributed by atoms with Crippen molar-refractivity contribution in [3.05, 3.63) is 35.4 Å².